The minimum atomic E-state index is -5.31. The van der Waals surface area contributed by atoms with E-state index in [1.54, 1.807) is 5.64 Å². The van der Waals surface area contributed by atoms with E-state index in [1.807, 2.05) is 29.5 Å². The van der Waals surface area contributed by atoms with Crippen LogP contribution in [0.4, 0.5) is 0 Å². The number of rotatable bonds is 14. The van der Waals surface area contributed by atoms with E-state index in [0.717, 1.165) is 4.57 Å². The predicted octanol–water partition coefficient (Wildman–Crippen LogP) is -0.904. The molecule has 0 aliphatic carbocycles. The molecule has 0 fully saturated rings. The van der Waals surface area contributed by atoms with E-state index in [1.165, 1.54) is 24.4 Å². The van der Waals surface area contributed by atoms with Gasteiger partial charge in [0.05, 0.1) is 6.33 Å². The van der Waals surface area contributed by atoms with Gasteiger partial charge in [0.1, 0.15) is 6.54 Å². The van der Waals surface area contributed by atoms with Gasteiger partial charge in [-0.25, -0.2) is 19.6 Å². The number of alkyl halides is 1. The third-order valence-electron chi connectivity index (χ3n) is 4.34. The summed E-state index contributed by atoms with van der Waals surface area (Å²) in [6.45, 7) is 0.828. The molecular weight excluding hydrogens is 547 g/mol. The number of aliphatic hydroxyl groups is 1. The molecule has 2 unspecified atom stereocenters. The number of nitrogens with one attached hydrogen (secondary N) is 2. The average molecular weight is 575 g/mol. The topological polar surface area (TPSA) is 228 Å². The Labute approximate surface area is 181 Å². The van der Waals surface area contributed by atoms with Crippen LogP contribution in [0, 0.1) is 0 Å². The number of aromatic nitrogens is 2. The molecule has 17 heteroatoms. The molecule has 0 aromatic carbocycles. The normalized spacial score (nSPS) is 18.3. The highest BCUT2D eigenvalue weighted by molar-refractivity contribution is 14.1. The van der Waals surface area contributed by atoms with Crippen molar-refractivity contribution in [2.24, 2.45) is 5.73 Å². The third kappa shape index (κ3) is 6.19. The Bertz CT molecular complexity index is 611. The van der Waals surface area contributed by atoms with Crippen LogP contribution in [0.15, 0.2) is 18.7 Å². The molecule has 14 nitrogen and oxygen atoms in total. The van der Waals surface area contributed by atoms with E-state index >= 15 is 0 Å². The van der Waals surface area contributed by atoms with Crippen LogP contribution in [0.25, 0.3) is 0 Å². The van der Waals surface area contributed by atoms with Crippen molar-refractivity contribution in [1.82, 2.24) is 20.8 Å². The number of hydrogen-bond acceptors (Lipinski definition) is 13. The molecular formula is C12H28IN5O9P2+2. The van der Waals surface area contributed by atoms with E-state index < -0.39 is 32.6 Å². The summed E-state index contributed by atoms with van der Waals surface area (Å²) in [5.74, 6) is 0. The minimum absolute atomic E-state index is 0.143. The molecule has 0 saturated carbocycles. The Kier molecular flexibility index (Phi) is 10.6. The lowest BCUT2D eigenvalue weighted by atomic mass is 10.1. The van der Waals surface area contributed by atoms with Crippen molar-refractivity contribution >= 4 is 38.3 Å². The fourth-order valence-corrected chi connectivity index (χ4v) is 8.26. The van der Waals surface area contributed by atoms with Crippen molar-refractivity contribution in [2.45, 2.75) is 47.1 Å². The van der Waals surface area contributed by atoms with Gasteiger partial charge in [-0.3, -0.25) is 5.21 Å². The molecule has 1 aromatic rings. The molecule has 11 N–H and O–H groups in total. The molecule has 170 valence electrons. The number of imidazole rings is 1. The van der Waals surface area contributed by atoms with Crippen molar-refractivity contribution in [1.29, 1.82) is 0 Å². The van der Waals surface area contributed by atoms with E-state index in [9.17, 15) is 29.6 Å². The van der Waals surface area contributed by atoms with Crippen molar-refractivity contribution in [2.75, 3.05) is 6.54 Å². The lowest BCUT2D eigenvalue weighted by Gasteiger charge is -2.41. The maximum absolute atomic E-state index is 11.2. The minimum Gasteiger partial charge on any atom is -0.330 e. The van der Waals surface area contributed by atoms with Crippen LogP contribution in [-0.4, -0.2) is 65.2 Å². The summed E-state index contributed by atoms with van der Waals surface area (Å²) in [7, 11) is -10.4. The smallest absolute Gasteiger partial charge is 0.330 e. The quantitative estimate of drug-likeness (QED) is 0.0427. The Morgan fingerprint density at radius 1 is 1.31 bits per heavy atom. The van der Waals surface area contributed by atoms with E-state index in [4.69, 9.17) is 15.8 Å². The van der Waals surface area contributed by atoms with Crippen LogP contribution in [0.2, 0.25) is 0 Å². The molecule has 0 amide bonds. The van der Waals surface area contributed by atoms with Gasteiger partial charge in [-0.15, -0.1) is 0 Å². The van der Waals surface area contributed by atoms with Gasteiger partial charge in [0.2, 0.25) is 0 Å². The molecule has 3 atom stereocenters. The summed E-state index contributed by atoms with van der Waals surface area (Å²) in [4.78, 5) is 65.8. The van der Waals surface area contributed by atoms with Crippen LogP contribution in [0.1, 0.15) is 26.2 Å². The van der Waals surface area contributed by atoms with E-state index in [-0.39, 0.29) is 23.3 Å². The van der Waals surface area contributed by atoms with Crippen LogP contribution in [-0.2, 0) is 16.3 Å². The number of hydrogen-bond donors (Lipinski definition) is 10. The van der Waals surface area contributed by atoms with Gasteiger partial charge in [-0.2, -0.15) is 19.6 Å². The van der Waals surface area contributed by atoms with Crippen LogP contribution in [0.3, 0.4) is 0 Å². The maximum Gasteiger partial charge on any atom is 0.488 e. The summed E-state index contributed by atoms with van der Waals surface area (Å²) in [6, 6.07) is 0. The van der Waals surface area contributed by atoms with Crippen molar-refractivity contribution in [3.8, 4) is 0 Å². The second-order valence-electron chi connectivity index (χ2n) is 6.25. The van der Waals surface area contributed by atoms with Crippen LogP contribution >= 0.6 is 38.3 Å². The van der Waals surface area contributed by atoms with Gasteiger partial charge in [0, 0.05) is 29.2 Å². The van der Waals surface area contributed by atoms with Crippen LogP contribution < -0.4 is 17.0 Å². The Morgan fingerprint density at radius 3 is 2.41 bits per heavy atom. The molecule has 0 radical (unpaired) electrons. The second-order valence-corrected chi connectivity index (χ2v) is 13.0. The monoisotopic (exact) mass is 575 g/mol. The van der Waals surface area contributed by atoms with Crippen molar-refractivity contribution < 1.29 is 44.6 Å². The SMILES string of the molecule is CCC(I)C[C@@](CCN)(ONONO)[P+](O)(O)C(O)(Cn1ccnc1)[P+](O)(O)O. The number of nitrogens with zero attached hydrogens (tertiary/aromatic N) is 2. The van der Waals surface area contributed by atoms with E-state index in [0.29, 0.717) is 6.42 Å². The van der Waals surface area contributed by atoms with Gasteiger partial charge in [-0.1, -0.05) is 40.8 Å². The first kappa shape index (κ1) is 27.4. The first-order valence-electron chi connectivity index (χ1n) is 8.33. The lowest BCUT2D eigenvalue weighted by molar-refractivity contribution is -0.297. The Hall–Kier alpha value is 0.320. The summed E-state index contributed by atoms with van der Waals surface area (Å²) < 4.78 is 0.884. The Morgan fingerprint density at radius 2 is 1.97 bits per heavy atom. The Balaban J connectivity index is 3.54. The summed E-state index contributed by atoms with van der Waals surface area (Å²) in [5.41, 5.74) is 8.70. The zero-order valence-electron chi connectivity index (χ0n) is 15.5. The van der Waals surface area contributed by atoms with Crippen LogP contribution in [0.5, 0.6) is 0 Å². The average Bonchev–Trinajstić information content (AvgIpc) is 3.13. The van der Waals surface area contributed by atoms with E-state index in [2.05, 4.69) is 9.92 Å². The van der Waals surface area contributed by atoms with Gasteiger partial charge in [0.25, 0.3) is 5.34 Å². The highest BCUT2D eigenvalue weighted by atomic mass is 127. The summed E-state index contributed by atoms with van der Waals surface area (Å²) in [6.07, 6.45) is 3.92. The zero-order chi connectivity index (χ0) is 22.3. The molecule has 1 heterocycles. The van der Waals surface area contributed by atoms with Gasteiger partial charge in [-0.05, 0) is 13.0 Å². The number of nitrogens with two attached hydrogens (primary N) is 1. The third-order valence-corrected chi connectivity index (χ3v) is 11.2. The highest BCUT2D eigenvalue weighted by Gasteiger charge is 2.85. The summed E-state index contributed by atoms with van der Waals surface area (Å²) >= 11 is 2.01. The molecule has 29 heavy (non-hydrogen) atoms. The molecule has 0 aliphatic heterocycles. The number of halogens is 1. The molecule has 0 saturated heterocycles. The largest absolute Gasteiger partial charge is 0.488 e. The van der Waals surface area contributed by atoms with Crippen molar-refractivity contribution in [3.63, 3.8) is 0 Å². The fourth-order valence-electron chi connectivity index (χ4n) is 2.71. The maximum atomic E-state index is 11.2. The predicted molar refractivity (Wildman–Crippen MR) is 111 cm³/mol. The van der Waals surface area contributed by atoms with Gasteiger partial charge >= 0.3 is 20.7 Å². The fraction of sp³-hybridized carbons (Fsp3) is 0.750. The first-order valence-corrected chi connectivity index (χ1v) is 12.9. The molecule has 0 aliphatic rings. The standard InChI is InChI=1S/C12H28IN5O9P2/c1-2-10(13)7-11(3-4-14,26-17-27-16-20)28(21,22)12(19,29(23,24)25)8-18-6-5-15-9-18/h5-6,9-10,16-17,19-25H,2-4,7-8,14H2,1H3/q+2/t10?,11-,12?/m0/s1. The zero-order valence-corrected chi connectivity index (χ0v) is 19.5. The first-order chi connectivity index (χ1) is 13.4. The summed E-state index contributed by atoms with van der Waals surface area (Å²) in [5, 5.41) is 14.3. The molecule has 1 aromatic heterocycles. The van der Waals surface area contributed by atoms with Gasteiger partial charge < -0.3 is 15.4 Å². The highest BCUT2D eigenvalue weighted by Crippen LogP contribution is 2.84. The molecule has 0 bridgehead atoms. The molecule has 1 rings (SSSR count). The van der Waals surface area contributed by atoms with Gasteiger partial charge in [0.15, 0.2) is 0 Å². The molecule has 0 spiro atoms. The lowest BCUT2D eigenvalue weighted by Crippen LogP contribution is -2.53. The van der Waals surface area contributed by atoms with Crippen molar-refractivity contribution in [3.05, 3.63) is 18.7 Å². The second kappa shape index (κ2) is 11.3.